The number of hydrogen-bond donors (Lipinski definition) is 1. The van der Waals surface area contributed by atoms with Crippen LogP contribution in [0.25, 0.3) is 6.08 Å². The van der Waals surface area contributed by atoms with Crippen molar-refractivity contribution < 1.29 is 27.6 Å². The first-order chi connectivity index (χ1) is 17.0. The van der Waals surface area contributed by atoms with Crippen LogP contribution in [0.15, 0.2) is 70.6 Å². The quantitative estimate of drug-likeness (QED) is 0.199. The smallest absolute Gasteiger partial charge is 0.416 e. The number of amides is 1. The SMILES string of the molecule is O=C1NC(=Nc2cccc(Cl)c2Cl)S/C1=C\c1ccc(Oc2ccc(C(F)(F)F)cc2[N+](=O)[O-])cc1. The summed E-state index contributed by atoms with van der Waals surface area (Å²) in [5.41, 5.74) is -0.978. The van der Waals surface area contributed by atoms with E-state index in [2.05, 4.69) is 10.3 Å². The maximum Gasteiger partial charge on any atom is 0.416 e. The number of rotatable bonds is 5. The number of nitro benzene ring substituents is 1. The number of carbonyl (C=O) groups excluding carboxylic acids is 1. The Balaban J connectivity index is 1.51. The van der Waals surface area contributed by atoms with Crippen LogP contribution >= 0.6 is 35.0 Å². The van der Waals surface area contributed by atoms with Gasteiger partial charge < -0.3 is 10.1 Å². The minimum Gasteiger partial charge on any atom is -0.450 e. The number of alkyl halides is 3. The van der Waals surface area contributed by atoms with Crippen LogP contribution in [0.1, 0.15) is 11.1 Å². The second kappa shape index (κ2) is 10.2. The average Bonchev–Trinajstić information content (AvgIpc) is 3.16. The highest BCUT2D eigenvalue weighted by molar-refractivity contribution is 8.18. The van der Waals surface area contributed by atoms with Crippen molar-refractivity contribution in [2.75, 3.05) is 0 Å². The Labute approximate surface area is 215 Å². The number of aliphatic imine (C=N–C) groups is 1. The third-order valence-electron chi connectivity index (χ3n) is 4.69. The predicted molar refractivity (Wildman–Crippen MR) is 132 cm³/mol. The second-order valence-electron chi connectivity index (χ2n) is 7.16. The first-order valence-electron chi connectivity index (χ1n) is 9.88. The lowest BCUT2D eigenvalue weighted by atomic mass is 10.1. The van der Waals surface area contributed by atoms with Crippen LogP contribution in [0, 0.1) is 10.1 Å². The van der Waals surface area contributed by atoms with Gasteiger partial charge in [-0.2, -0.15) is 13.2 Å². The second-order valence-corrected chi connectivity index (χ2v) is 8.98. The lowest BCUT2D eigenvalue weighted by Crippen LogP contribution is -2.19. The Morgan fingerprint density at radius 1 is 1.08 bits per heavy atom. The largest absolute Gasteiger partial charge is 0.450 e. The van der Waals surface area contributed by atoms with Gasteiger partial charge in [0, 0.05) is 6.07 Å². The molecule has 1 amide bonds. The van der Waals surface area contributed by atoms with Crippen molar-refractivity contribution in [1.82, 2.24) is 5.32 Å². The Hall–Kier alpha value is -3.54. The Morgan fingerprint density at radius 2 is 1.81 bits per heavy atom. The highest BCUT2D eigenvalue weighted by Crippen LogP contribution is 2.38. The van der Waals surface area contributed by atoms with Crippen LogP contribution in [0.2, 0.25) is 10.0 Å². The number of carbonyl (C=O) groups is 1. The molecule has 0 radical (unpaired) electrons. The molecule has 1 N–H and O–H groups in total. The molecule has 0 atom stereocenters. The number of nitrogens with one attached hydrogen (secondary N) is 1. The van der Waals surface area contributed by atoms with E-state index in [1.165, 1.54) is 12.1 Å². The first-order valence-corrected chi connectivity index (χ1v) is 11.5. The van der Waals surface area contributed by atoms with Gasteiger partial charge in [0.2, 0.25) is 5.75 Å². The molecular weight excluding hydrogens is 542 g/mol. The van der Waals surface area contributed by atoms with Crippen molar-refractivity contribution in [2.24, 2.45) is 4.99 Å². The van der Waals surface area contributed by atoms with E-state index in [0.717, 1.165) is 17.8 Å². The van der Waals surface area contributed by atoms with Crippen LogP contribution in [0.3, 0.4) is 0 Å². The third-order valence-corrected chi connectivity index (χ3v) is 6.41. The van der Waals surface area contributed by atoms with Crippen molar-refractivity contribution in [1.29, 1.82) is 0 Å². The normalized spacial score (nSPS) is 15.9. The molecule has 4 rings (SSSR count). The van der Waals surface area contributed by atoms with Crippen molar-refractivity contribution in [3.05, 3.63) is 96.9 Å². The fraction of sp³-hybridized carbons (Fsp3) is 0.0435. The molecule has 0 saturated carbocycles. The molecule has 3 aromatic rings. The van der Waals surface area contributed by atoms with Crippen LogP contribution in [-0.4, -0.2) is 16.0 Å². The Kier molecular flexibility index (Phi) is 7.25. The van der Waals surface area contributed by atoms with E-state index in [-0.39, 0.29) is 22.4 Å². The molecule has 13 heteroatoms. The molecule has 0 aromatic heterocycles. The maximum absolute atomic E-state index is 12.9. The summed E-state index contributed by atoms with van der Waals surface area (Å²) >= 11 is 13.2. The zero-order chi connectivity index (χ0) is 26.0. The highest BCUT2D eigenvalue weighted by atomic mass is 35.5. The van der Waals surface area contributed by atoms with E-state index in [1.807, 2.05) is 0 Å². The molecule has 0 unspecified atom stereocenters. The summed E-state index contributed by atoms with van der Waals surface area (Å²) in [6, 6.07) is 13.0. The molecule has 3 aromatic carbocycles. The maximum atomic E-state index is 12.9. The number of ether oxygens (including phenoxy) is 1. The van der Waals surface area contributed by atoms with Gasteiger partial charge in [-0.3, -0.25) is 14.9 Å². The van der Waals surface area contributed by atoms with Crippen LogP contribution in [0.5, 0.6) is 11.5 Å². The number of hydrogen-bond acceptors (Lipinski definition) is 6. The Bertz CT molecular complexity index is 1430. The Morgan fingerprint density at radius 3 is 2.47 bits per heavy atom. The molecule has 0 aliphatic carbocycles. The minimum atomic E-state index is -4.73. The van der Waals surface area contributed by atoms with Crippen molar-refractivity contribution >= 4 is 63.5 Å². The molecule has 1 fully saturated rings. The third kappa shape index (κ3) is 5.81. The lowest BCUT2D eigenvalue weighted by Gasteiger charge is -2.10. The van der Waals surface area contributed by atoms with Crippen LogP contribution in [0.4, 0.5) is 24.5 Å². The molecule has 1 aliphatic rings. The summed E-state index contributed by atoms with van der Waals surface area (Å²) < 4.78 is 44.1. The van der Waals surface area contributed by atoms with Gasteiger partial charge in [-0.15, -0.1) is 0 Å². The fourth-order valence-electron chi connectivity index (χ4n) is 3.00. The molecule has 7 nitrogen and oxygen atoms in total. The van der Waals surface area contributed by atoms with Gasteiger partial charge in [-0.25, -0.2) is 4.99 Å². The number of nitro groups is 1. The topological polar surface area (TPSA) is 93.8 Å². The zero-order valence-electron chi connectivity index (χ0n) is 17.7. The van der Waals surface area contributed by atoms with Crippen LogP contribution in [-0.2, 0) is 11.0 Å². The number of amidine groups is 1. The van der Waals surface area contributed by atoms with Crippen LogP contribution < -0.4 is 10.1 Å². The lowest BCUT2D eigenvalue weighted by molar-refractivity contribution is -0.385. The van der Waals surface area contributed by atoms with E-state index in [9.17, 15) is 28.1 Å². The van der Waals surface area contributed by atoms with Gasteiger partial charge in [-0.1, -0.05) is 41.4 Å². The minimum absolute atomic E-state index is 0.154. The summed E-state index contributed by atoms with van der Waals surface area (Å²) in [5, 5.41) is 14.8. The van der Waals surface area contributed by atoms with Crippen molar-refractivity contribution in [3.63, 3.8) is 0 Å². The number of benzene rings is 3. The standard InChI is InChI=1S/C23H12Cl2F3N3O4S/c24-15-2-1-3-16(20(15)25)29-22-30-21(32)19(36-22)10-12-4-7-14(8-5-12)35-18-9-6-13(23(26,27)28)11-17(18)31(33)34/h1-11H,(H,29,30,32)/b19-10-. The number of thioether (sulfide) groups is 1. The van der Waals surface area contributed by atoms with Gasteiger partial charge in [-0.05, 0) is 59.8 Å². The van der Waals surface area contributed by atoms with Gasteiger partial charge >= 0.3 is 11.9 Å². The molecule has 184 valence electrons. The summed E-state index contributed by atoms with van der Waals surface area (Å²) in [5.74, 6) is -0.565. The molecule has 1 heterocycles. The zero-order valence-corrected chi connectivity index (χ0v) is 20.0. The van der Waals surface area contributed by atoms with Crippen molar-refractivity contribution in [2.45, 2.75) is 6.18 Å². The molecule has 1 aliphatic heterocycles. The van der Waals surface area contributed by atoms with Gasteiger partial charge in [0.05, 0.1) is 31.1 Å². The summed E-state index contributed by atoms with van der Waals surface area (Å²) in [6.45, 7) is 0. The monoisotopic (exact) mass is 553 g/mol. The highest BCUT2D eigenvalue weighted by Gasteiger charge is 2.33. The molecular formula is C23H12Cl2F3N3O4S. The van der Waals surface area contributed by atoms with E-state index in [1.54, 1.807) is 36.4 Å². The number of halogens is 5. The predicted octanol–water partition coefficient (Wildman–Crippen LogP) is 7.60. The van der Waals surface area contributed by atoms with E-state index in [4.69, 9.17) is 27.9 Å². The molecule has 1 saturated heterocycles. The first kappa shape index (κ1) is 25.5. The van der Waals surface area contributed by atoms with E-state index in [0.29, 0.717) is 38.5 Å². The van der Waals surface area contributed by atoms with Gasteiger partial charge in [0.1, 0.15) is 5.75 Å². The van der Waals surface area contributed by atoms with Gasteiger partial charge in [0.15, 0.2) is 5.17 Å². The average molecular weight is 554 g/mol. The van der Waals surface area contributed by atoms with Crippen molar-refractivity contribution in [3.8, 4) is 11.5 Å². The van der Waals surface area contributed by atoms with E-state index >= 15 is 0 Å². The van der Waals surface area contributed by atoms with Gasteiger partial charge in [0.25, 0.3) is 5.91 Å². The van der Waals surface area contributed by atoms with E-state index < -0.39 is 22.4 Å². The molecule has 0 spiro atoms. The molecule has 36 heavy (non-hydrogen) atoms. The summed E-state index contributed by atoms with van der Waals surface area (Å²) in [7, 11) is 0. The molecule has 0 bridgehead atoms. The number of nitrogens with zero attached hydrogens (tertiary/aromatic N) is 2. The summed E-state index contributed by atoms with van der Waals surface area (Å²) in [4.78, 5) is 27.3. The summed E-state index contributed by atoms with van der Waals surface area (Å²) in [6.07, 6.45) is -3.14. The fourth-order valence-corrected chi connectivity index (χ4v) is 4.17.